The van der Waals surface area contributed by atoms with Crippen LogP contribution in [0.4, 0.5) is 0 Å². The molecule has 0 aliphatic carbocycles. The van der Waals surface area contributed by atoms with Crippen molar-refractivity contribution in [2.24, 2.45) is 5.73 Å². The van der Waals surface area contributed by atoms with Crippen LogP contribution in [0.5, 0.6) is 0 Å². The summed E-state index contributed by atoms with van der Waals surface area (Å²) in [5, 5.41) is 4.62. The number of ether oxygens (including phenoxy) is 1. The van der Waals surface area contributed by atoms with Gasteiger partial charge in [0, 0.05) is 31.0 Å². The van der Waals surface area contributed by atoms with Gasteiger partial charge >= 0.3 is 0 Å². The van der Waals surface area contributed by atoms with Crippen LogP contribution in [0.15, 0.2) is 28.8 Å². The Bertz CT molecular complexity index is 530. The quantitative estimate of drug-likeness (QED) is 0.874. The summed E-state index contributed by atoms with van der Waals surface area (Å²) >= 11 is 6.08. The van der Waals surface area contributed by atoms with Gasteiger partial charge in [0.15, 0.2) is 5.82 Å². The maximum Gasteiger partial charge on any atom is 0.228 e. The Hall–Kier alpha value is -1.43. The van der Waals surface area contributed by atoms with Gasteiger partial charge in [0.25, 0.3) is 0 Å². The normalized spacial score (nSPS) is 12.6. The fraction of sp³-hybridized carbons (Fsp3) is 0.385. The lowest BCUT2D eigenvalue weighted by molar-refractivity contribution is 0.176. The third-order valence-electron chi connectivity index (χ3n) is 2.63. The molecule has 0 bridgehead atoms. The predicted octanol–water partition coefficient (Wildman–Crippen LogP) is 1.83. The van der Waals surface area contributed by atoms with Gasteiger partial charge in [-0.3, -0.25) is 0 Å². The Kier molecular flexibility index (Phi) is 4.90. The van der Waals surface area contributed by atoms with Crippen LogP contribution in [0, 0.1) is 0 Å². The Morgan fingerprint density at radius 2 is 2.21 bits per heavy atom. The number of rotatable bonds is 6. The van der Waals surface area contributed by atoms with Crippen molar-refractivity contribution < 1.29 is 9.26 Å². The van der Waals surface area contributed by atoms with Gasteiger partial charge in [0.2, 0.25) is 5.89 Å². The van der Waals surface area contributed by atoms with Gasteiger partial charge in [-0.25, -0.2) is 0 Å². The third kappa shape index (κ3) is 4.02. The van der Waals surface area contributed by atoms with E-state index in [4.69, 9.17) is 26.6 Å². The molecule has 102 valence electrons. The van der Waals surface area contributed by atoms with E-state index >= 15 is 0 Å². The minimum absolute atomic E-state index is 0.140. The summed E-state index contributed by atoms with van der Waals surface area (Å²) in [6.07, 6.45) is 1.05. The number of hydrogen-bond donors (Lipinski definition) is 1. The van der Waals surface area contributed by atoms with Crippen molar-refractivity contribution in [2.45, 2.75) is 18.9 Å². The average Bonchev–Trinajstić information content (AvgIpc) is 2.80. The van der Waals surface area contributed by atoms with Crippen LogP contribution >= 0.6 is 11.6 Å². The monoisotopic (exact) mass is 281 g/mol. The zero-order valence-electron chi connectivity index (χ0n) is 10.7. The number of halogens is 1. The van der Waals surface area contributed by atoms with Gasteiger partial charge in [-0.1, -0.05) is 35.0 Å². The summed E-state index contributed by atoms with van der Waals surface area (Å²) in [5.41, 5.74) is 6.80. The molecule has 0 spiro atoms. The SMILES string of the molecule is COCC(N)Cc1nc(Cc2ccccc2Cl)no1. The first-order chi connectivity index (χ1) is 9.19. The van der Waals surface area contributed by atoms with Crippen molar-refractivity contribution in [1.29, 1.82) is 0 Å². The van der Waals surface area contributed by atoms with Crippen LogP contribution in [-0.4, -0.2) is 29.9 Å². The average molecular weight is 282 g/mol. The van der Waals surface area contributed by atoms with Crippen molar-refractivity contribution in [3.8, 4) is 0 Å². The van der Waals surface area contributed by atoms with Crippen LogP contribution in [-0.2, 0) is 17.6 Å². The molecule has 1 unspecified atom stereocenters. The van der Waals surface area contributed by atoms with E-state index in [1.165, 1.54) is 0 Å². The molecule has 2 aromatic rings. The van der Waals surface area contributed by atoms with Gasteiger partial charge in [-0.2, -0.15) is 4.98 Å². The Morgan fingerprint density at radius 1 is 1.42 bits per heavy atom. The van der Waals surface area contributed by atoms with Crippen LogP contribution in [0.3, 0.4) is 0 Å². The highest BCUT2D eigenvalue weighted by Crippen LogP contribution is 2.17. The summed E-state index contributed by atoms with van der Waals surface area (Å²) in [5.74, 6) is 1.12. The van der Waals surface area contributed by atoms with Gasteiger partial charge < -0.3 is 15.0 Å². The highest BCUT2D eigenvalue weighted by molar-refractivity contribution is 6.31. The Labute approximate surface area is 116 Å². The zero-order valence-corrected chi connectivity index (χ0v) is 11.4. The van der Waals surface area contributed by atoms with Crippen molar-refractivity contribution in [1.82, 2.24) is 10.1 Å². The maximum atomic E-state index is 6.08. The molecule has 1 aromatic heterocycles. The Morgan fingerprint density at radius 3 is 2.95 bits per heavy atom. The maximum absolute atomic E-state index is 6.08. The molecular formula is C13H16ClN3O2. The summed E-state index contributed by atoms with van der Waals surface area (Å²) in [6.45, 7) is 0.461. The number of nitrogens with two attached hydrogens (primary N) is 1. The summed E-state index contributed by atoms with van der Waals surface area (Å²) in [6, 6.07) is 7.45. The molecule has 1 aromatic carbocycles. The predicted molar refractivity (Wildman–Crippen MR) is 72.1 cm³/mol. The molecule has 0 saturated heterocycles. The van der Waals surface area contributed by atoms with Gasteiger partial charge in [-0.15, -0.1) is 0 Å². The molecule has 6 heteroatoms. The molecule has 1 atom stereocenters. The number of aromatic nitrogens is 2. The summed E-state index contributed by atoms with van der Waals surface area (Å²) in [7, 11) is 1.61. The molecule has 0 saturated carbocycles. The van der Waals surface area contributed by atoms with Crippen LogP contribution in [0.2, 0.25) is 5.02 Å². The van der Waals surface area contributed by atoms with E-state index in [2.05, 4.69) is 10.1 Å². The van der Waals surface area contributed by atoms with E-state index < -0.39 is 0 Å². The third-order valence-corrected chi connectivity index (χ3v) is 3.00. The fourth-order valence-electron chi connectivity index (χ4n) is 1.75. The Balaban J connectivity index is 2.00. The highest BCUT2D eigenvalue weighted by Gasteiger charge is 2.12. The summed E-state index contributed by atoms with van der Waals surface area (Å²) in [4.78, 5) is 4.30. The summed E-state index contributed by atoms with van der Waals surface area (Å²) < 4.78 is 10.1. The van der Waals surface area contributed by atoms with Crippen molar-refractivity contribution in [3.63, 3.8) is 0 Å². The zero-order chi connectivity index (χ0) is 13.7. The molecule has 0 amide bonds. The van der Waals surface area contributed by atoms with Crippen molar-refractivity contribution in [2.75, 3.05) is 13.7 Å². The molecule has 1 heterocycles. The van der Waals surface area contributed by atoms with E-state index in [0.29, 0.717) is 36.2 Å². The second kappa shape index (κ2) is 6.65. The topological polar surface area (TPSA) is 74.2 Å². The second-order valence-electron chi connectivity index (χ2n) is 4.29. The molecule has 2 N–H and O–H groups in total. The molecule has 19 heavy (non-hydrogen) atoms. The lowest BCUT2D eigenvalue weighted by Crippen LogP contribution is -2.28. The molecule has 2 rings (SSSR count). The van der Waals surface area contributed by atoms with E-state index in [1.807, 2.05) is 24.3 Å². The van der Waals surface area contributed by atoms with Crippen LogP contribution < -0.4 is 5.73 Å². The number of benzene rings is 1. The van der Waals surface area contributed by atoms with E-state index in [0.717, 1.165) is 5.56 Å². The second-order valence-corrected chi connectivity index (χ2v) is 4.70. The molecule has 0 fully saturated rings. The van der Waals surface area contributed by atoms with Gasteiger partial charge in [-0.05, 0) is 11.6 Å². The highest BCUT2D eigenvalue weighted by atomic mass is 35.5. The van der Waals surface area contributed by atoms with E-state index in [-0.39, 0.29) is 6.04 Å². The van der Waals surface area contributed by atoms with E-state index in [9.17, 15) is 0 Å². The lowest BCUT2D eigenvalue weighted by atomic mass is 10.1. The van der Waals surface area contributed by atoms with Gasteiger partial charge in [0.05, 0.1) is 6.61 Å². The van der Waals surface area contributed by atoms with Crippen molar-refractivity contribution in [3.05, 3.63) is 46.6 Å². The first-order valence-corrected chi connectivity index (χ1v) is 6.36. The van der Waals surface area contributed by atoms with Gasteiger partial charge in [0.1, 0.15) is 0 Å². The fourth-order valence-corrected chi connectivity index (χ4v) is 1.96. The first kappa shape index (κ1) is 14.0. The molecule has 0 aliphatic rings. The molecule has 0 radical (unpaired) electrons. The van der Waals surface area contributed by atoms with Crippen LogP contribution in [0.1, 0.15) is 17.3 Å². The largest absolute Gasteiger partial charge is 0.383 e. The smallest absolute Gasteiger partial charge is 0.228 e. The van der Waals surface area contributed by atoms with Crippen molar-refractivity contribution >= 4 is 11.6 Å². The minimum atomic E-state index is -0.140. The number of hydrogen-bond acceptors (Lipinski definition) is 5. The molecule has 5 nitrogen and oxygen atoms in total. The molecular weight excluding hydrogens is 266 g/mol. The molecule has 0 aliphatic heterocycles. The number of nitrogens with zero attached hydrogens (tertiary/aromatic N) is 2. The first-order valence-electron chi connectivity index (χ1n) is 5.98. The number of methoxy groups -OCH3 is 1. The van der Waals surface area contributed by atoms with Crippen LogP contribution in [0.25, 0.3) is 0 Å². The van der Waals surface area contributed by atoms with E-state index in [1.54, 1.807) is 7.11 Å². The standard InChI is InChI=1S/C13H16ClN3O2/c1-18-8-10(15)7-13-16-12(17-19-13)6-9-4-2-3-5-11(9)14/h2-5,10H,6-8,15H2,1H3. The lowest BCUT2D eigenvalue weighted by Gasteiger charge is -2.05. The minimum Gasteiger partial charge on any atom is -0.383 e.